The van der Waals surface area contributed by atoms with Gasteiger partial charge in [-0.05, 0) is 12.1 Å². The molecule has 4 nitrogen and oxygen atoms in total. The molecule has 1 heterocycles. The first-order valence-corrected chi connectivity index (χ1v) is 6.33. The molecule has 1 aromatic rings. The largest absolute Gasteiger partial charge is 0.419 e. The molecule has 0 aliphatic heterocycles. The number of anilines is 1. The molecule has 0 unspecified atom stereocenters. The first-order chi connectivity index (χ1) is 10.2. The van der Waals surface area contributed by atoms with Gasteiger partial charge in [-0.1, -0.05) is 30.8 Å². The lowest BCUT2D eigenvalue weighted by molar-refractivity contribution is -0.137. The highest BCUT2D eigenvalue weighted by Crippen LogP contribution is 2.36. The molecule has 8 heteroatoms. The number of aromatic nitrogens is 1. The molecule has 1 rings (SSSR count). The molecule has 0 spiro atoms. The third kappa shape index (κ3) is 4.11. The van der Waals surface area contributed by atoms with Crippen LogP contribution >= 0.6 is 11.6 Å². The lowest BCUT2D eigenvalue weighted by atomic mass is 10.1. The number of halogens is 4. The van der Waals surface area contributed by atoms with Crippen molar-refractivity contribution in [2.24, 2.45) is 0 Å². The molecule has 0 aromatic carbocycles. The summed E-state index contributed by atoms with van der Waals surface area (Å²) in [6.45, 7) is 6.94. The van der Waals surface area contributed by atoms with Crippen LogP contribution in [0, 0.1) is 0 Å². The summed E-state index contributed by atoms with van der Waals surface area (Å²) in [6.07, 6.45) is -1.61. The van der Waals surface area contributed by atoms with E-state index in [0.717, 1.165) is 6.07 Å². The van der Waals surface area contributed by atoms with Crippen molar-refractivity contribution in [1.82, 2.24) is 10.3 Å². The van der Waals surface area contributed by atoms with E-state index in [1.54, 1.807) is 0 Å². The number of likely N-dealkylation sites (N-methyl/N-ethyl adjacent to an activating group) is 1. The number of hydrogen-bond donors (Lipinski definition) is 2. The Balaban J connectivity index is 3.41. The van der Waals surface area contributed by atoms with Crippen molar-refractivity contribution < 1.29 is 18.0 Å². The molecule has 1 aromatic heterocycles. The Labute approximate surface area is 130 Å². The fourth-order valence-corrected chi connectivity index (χ4v) is 1.75. The predicted octanol–water partition coefficient (Wildman–Crippen LogP) is 3.54. The molecule has 0 aliphatic carbocycles. The van der Waals surface area contributed by atoms with E-state index < -0.39 is 17.6 Å². The van der Waals surface area contributed by atoms with Gasteiger partial charge in [0.2, 0.25) is 0 Å². The summed E-state index contributed by atoms with van der Waals surface area (Å²) in [7, 11) is 1.39. The molecular formula is C14H13ClF3N3O. The Kier molecular flexibility index (Phi) is 5.76. The van der Waals surface area contributed by atoms with Crippen molar-refractivity contribution in [3.63, 3.8) is 0 Å². The molecule has 0 radical (unpaired) electrons. The summed E-state index contributed by atoms with van der Waals surface area (Å²) in [6, 6.07) is 1.01. The molecule has 0 saturated heterocycles. The van der Waals surface area contributed by atoms with E-state index in [0.29, 0.717) is 6.20 Å². The summed E-state index contributed by atoms with van der Waals surface area (Å²) in [4.78, 5) is 15.1. The van der Waals surface area contributed by atoms with Crippen LogP contribution in [-0.2, 0) is 11.0 Å². The van der Waals surface area contributed by atoms with Gasteiger partial charge < -0.3 is 10.6 Å². The summed E-state index contributed by atoms with van der Waals surface area (Å²) >= 11 is 5.64. The second-order valence-corrected chi connectivity index (χ2v) is 4.38. The van der Waals surface area contributed by atoms with Crippen molar-refractivity contribution in [3.05, 3.63) is 59.6 Å². The average molecular weight is 332 g/mol. The smallest absolute Gasteiger partial charge is 0.355 e. The summed E-state index contributed by atoms with van der Waals surface area (Å²) in [5.74, 6) is -0.522. The zero-order valence-corrected chi connectivity index (χ0v) is 12.3. The Bertz CT molecular complexity index is 639. The minimum absolute atomic E-state index is 0.0403. The van der Waals surface area contributed by atoms with Crippen molar-refractivity contribution >= 4 is 23.2 Å². The molecule has 1 amide bonds. The Morgan fingerprint density at radius 2 is 2.00 bits per heavy atom. The quantitative estimate of drug-likeness (QED) is 0.493. The van der Waals surface area contributed by atoms with E-state index in [4.69, 9.17) is 11.6 Å². The monoisotopic (exact) mass is 331 g/mol. The van der Waals surface area contributed by atoms with Crippen LogP contribution in [0.1, 0.15) is 5.56 Å². The molecular weight excluding hydrogens is 319 g/mol. The van der Waals surface area contributed by atoms with Gasteiger partial charge in [0.05, 0.1) is 22.5 Å². The lowest BCUT2D eigenvalue weighted by Gasteiger charge is -2.16. The van der Waals surface area contributed by atoms with Crippen LogP contribution in [0.3, 0.4) is 0 Å². The SMILES string of the molecule is C=C/C(Nc1cc(Cl)ncc1C(F)(F)F)=C(\C=C)C(=O)NC. The van der Waals surface area contributed by atoms with Crippen LogP contribution in [0.15, 0.2) is 48.8 Å². The van der Waals surface area contributed by atoms with Crippen LogP contribution in [0.25, 0.3) is 0 Å². The van der Waals surface area contributed by atoms with Gasteiger partial charge in [0, 0.05) is 13.2 Å². The van der Waals surface area contributed by atoms with Gasteiger partial charge in [-0.2, -0.15) is 13.2 Å². The van der Waals surface area contributed by atoms with Crippen LogP contribution in [0.2, 0.25) is 5.15 Å². The molecule has 0 bridgehead atoms. The van der Waals surface area contributed by atoms with Crippen molar-refractivity contribution in [2.45, 2.75) is 6.18 Å². The third-order valence-corrected chi connectivity index (χ3v) is 2.82. The lowest BCUT2D eigenvalue weighted by Crippen LogP contribution is -2.22. The normalized spacial score (nSPS) is 12.2. The second-order valence-electron chi connectivity index (χ2n) is 3.99. The number of nitrogens with zero attached hydrogens (tertiary/aromatic N) is 1. The minimum atomic E-state index is -4.63. The zero-order chi connectivity index (χ0) is 16.9. The summed E-state index contributed by atoms with van der Waals surface area (Å²) < 4.78 is 38.9. The van der Waals surface area contributed by atoms with E-state index in [1.165, 1.54) is 19.2 Å². The van der Waals surface area contributed by atoms with Crippen molar-refractivity contribution in [1.29, 1.82) is 0 Å². The summed E-state index contributed by atoms with van der Waals surface area (Å²) in [5.41, 5.74) is -1.26. The minimum Gasteiger partial charge on any atom is -0.355 e. The predicted molar refractivity (Wildman–Crippen MR) is 79.4 cm³/mol. The van der Waals surface area contributed by atoms with Crippen LogP contribution in [-0.4, -0.2) is 17.9 Å². The molecule has 0 saturated carbocycles. The average Bonchev–Trinajstić information content (AvgIpc) is 2.45. The first kappa shape index (κ1) is 17.8. The molecule has 0 aliphatic rings. The van der Waals surface area contributed by atoms with E-state index in [2.05, 4.69) is 28.8 Å². The number of allylic oxidation sites excluding steroid dienone is 1. The molecule has 0 atom stereocenters. The summed E-state index contributed by atoms with van der Waals surface area (Å²) in [5, 5.41) is 4.73. The standard InChI is InChI=1S/C14H13ClF3N3O/c1-4-8(13(22)19-3)10(5-2)21-11-6-12(15)20-7-9(11)14(16,17)18/h4-7H,1-2H2,3H3,(H,19,22)(H,20,21)/b10-8-. The fourth-order valence-electron chi connectivity index (χ4n) is 1.59. The van der Waals surface area contributed by atoms with Crippen molar-refractivity contribution in [3.8, 4) is 0 Å². The van der Waals surface area contributed by atoms with Gasteiger partial charge in [-0.15, -0.1) is 0 Å². The van der Waals surface area contributed by atoms with Gasteiger partial charge >= 0.3 is 6.18 Å². The highest BCUT2D eigenvalue weighted by Gasteiger charge is 2.34. The maximum Gasteiger partial charge on any atom is 0.419 e. The first-order valence-electron chi connectivity index (χ1n) is 5.95. The maximum atomic E-state index is 13.0. The topological polar surface area (TPSA) is 54.0 Å². The van der Waals surface area contributed by atoms with Gasteiger partial charge in [0.1, 0.15) is 5.15 Å². The number of hydrogen-bond acceptors (Lipinski definition) is 3. The number of alkyl halides is 3. The Morgan fingerprint density at radius 1 is 1.36 bits per heavy atom. The van der Waals surface area contributed by atoms with E-state index in [9.17, 15) is 18.0 Å². The van der Waals surface area contributed by atoms with E-state index in [-0.39, 0.29) is 22.1 Å². The highest BCUT2D eigenvalue weighted by atomic mass is 35.5. The Hall–Kier alpha value is -2.28. The van der Waals surface area contributed by atoms with Gasteiger partial charge in [0.25, 0.3) is 5.91 Å². The Morgan fingerprint density at radius 3 is 2.45 bits per heavy atom. The number of pyridine rings is 1. The zero-order valence-electron chi connectivity index (χ0n) is 11.6. The number of carbonyl (C=O) groups excluding carboxylic acids is 1. The molecule has 2 N–H and O–H groups in total. The van der Waals surface area contributed by atoms with Crippen molar-refractivity contribution in [2.75, 3.05) is 12.4 Å². The second kappa shape index (κ2) is 7.13. The third-order valence-electron chi connectivity index (χ3n) is 2.62. The molecule has 118 valence electrons. The number of amides is 1. The molecule has 22 heavy (non-hydrogen) atoms. The van der Waals surface area contributed by atoms with E-state index >= 15 is 0 Å². The molecule has 0 fully saturated rings. The number of rotatable bonds is 5. The highest BCUT2D eigenvalue weighted by molar-refractivity contribution is 6.29. The number of nitrogens with one attached hydrogen (secondary N) is 2. The van der Waals surface area contributed by atoms with Crippen LogP contribution in [0.5, 0.6) is 0 Å². The van der Waals surface area contributed by atoms with Gasteiger partial charge in [0.15, 0.2) is 0 Å². The van der Waals surface area contributed by atoms with E-state index in [1.807, 2.05) is 0 Å². The fraction of sp³-hybridized carbons (Fsp3) is 0.143. The maximum absolute atomic E-state index is 13.0. The van der Waals surface area contributed by atoms with Gasteiger partial charge in [-0.3, -0.25) is 4.79 Å². The van der Waals surface area contributed by atoms with Crippen LogP contribution in [0.4, 0.5) is 18.9 Å². The van der Waals surface area contributed by atoms with Gasteiger partial charge in [-0.25, -0.2) is 4.98 Å². The van der Waals surface area contributed by atoms with Crippen LogP contribution < -0.4 is 10.6 Å². The number of carbonyl (C=O) groups is 1.